The average molecular weight is 437 g/mol. The van der Waals surface area contributed by atoms with Crippen LogP contribution in [0.4, 0.5) is 10.1 Å². The van der Waals surface area contributed by atoms with Gasteiger partial charge in [-0.1, -0.05) is 29.8 Å². The first kappa shape index (κ1) is 20.8. The summed E-state index contributed by atoms with van der Waals surface area (Å²) in [7, 11) is -2.29. The lowest BCUT2D eigenvalue weighted by molar-refractivity contribution is 0.415. The van der Waals surface area contributed by atoms with E-state index in [2.05, 4.69) is 10.3 Å². The minimum Gasteiger partial charge on any atom is -0.497 e. The zero-order valence-corrected chi connectivity index (χ0v) is 17.9. The smallest absolute Gasteiger partial charge is 0.210 e. The van der Waals surface area contributed by atoms with E-state index in [-0.39, 0.29) is 15.6 Å². The molecule has 158 valence electrons. The molecule has 0 fully saturated rings. The number of nitrogens with one attached hydrogen (secondary N) is 1. The maximum absolute atomic E-state index is 13.5. The van der Waals surface area contributed by atoms with Crippen LogP contribution in [-0.4, -0.2) is 20.5 Å². The van der Waals surface area contributed by atoms with Crippen molar-refractivity contribution >= 4 is 26.4 Å². The van der Waals surface area contributed by atoms with E-state index in [1.807, 2.05) is 6.92 Å². The molecule has 4 aromatic rings. The molecular formula is C24H21FN2O3S. The Hall–Kier alpha value is -3.45. The van der Waals surface area contributed by atoms with Gasteiger partial charge in [-0.05, 0) is 55.0 Å². The molecule has 7 heteroatoms. The maximum atomic E-state index is 13.5. The van der Waals surface area contributed by atoms with Crippen LogP contribution in [0.15, 0.2) is 82.7 Å². The molecule has 0 bridgehead atoms. The summed E-state index contributed by atoms with van der Waals surface area (Å²) in [6.07, 6.45) is 1.37. The van der Waals surface area contributed by atoms with E-state index in [4.69, 9.17) is 4.74 Å². The molecule has 0 aliphatic heterocycles. The lowest BCUT2D eigenvalue weighted by atomic mass is 10.1. The summed E-state index contributed by atoms with van der Waals surface area (Å²) in [4.78, 5) is 4.62. The van der Waals surface area contributed by atoms with Gasteiger partial charge in [-0.25, -0.2) is 12.8 Å². The van der Waals surface area contributed by atoms with Crippen molar-refractivity contribution < 1.29 is 17.5 Å². The van der Waals surface area contributed by atoms with Crippen molar-refractivity contribution in [3.05, 3.63) is 89.9 Å². The molecule has 0 aliphatic carbocycles. The summed E-state index contributed by atoms with van der Waals surface area (Å²) in [5, 5.41) is 3.85. The van der Waals surface area contributed by atoms with Gasteiger partial charge < -0.3 is 10.1 Å². The lowest BCUT2D eigenvalue weighted by Gasteiger charge is -2.16. The summed E-state index contributed by atoms with van der Waals surface area (Å²) in [6, 6.07) is 18.0. The van der Waals surface area contributed by atoms with E-state index in [9.17, 15) is 12.8 Å². The van der Waals surface area contributed by atoms with Crippen LogP contribution in [0.3, 0.4) is 0 Å². The number of rotatable bonds is 6. The van der Waals surface area contributed by atoms with Gasteiger partial charge in [0, 0.05) is 18.1 Å². The predicted octanol–water partition coefficient (Wildman–Crippen LogP) is 5.14. The number of aryl methyl sites for hydroxylation is 1. The van der Waals surface area contributed by atoms with Gasteiger partial charge in [0.05, 0.1) is 23.2 Å². The number of nitrogens with zero attached hydrogens (tertiary/aromatic N) is 1. The molecular weight excluding hydrogens is 415 g/mol. The minimum absolute atomic E-state index is 0.0687. The fraction of sp³-hybridized carbons (Fsp3) is 0.125. The Morgan fingerprint density at radius 2 is 1.71 bits per heavy atom. The number of ether oxygens (including phenoxy) is 1. The fourth-order valence-corrected chi connectivity index (χ4v) is 4.69. The van der Waals surface area contributed by atoms with Crippen LogP contribution in [0, 0.1) is 12.7 Å². The zero-order chi connectivity index (χ0) is 22.0. The summed E-state index contributed by atoms with van der Waals surface area (Å²) in [6.45, 7) is 2.21. The number of halogens is 1. The second-order valence-electron chi connectivity index (χ2n) is 7.18. The number of anilines is 1. The fourth-order valence-electron chi connectivity index (χ4n) is 3.30. The molecule has 0 atom stereocenters. The van der Waals surface area contributed by atoms with E-state index in [0.29, 0.717) is 28.9 Å². The topological polar surface area (TPSA) is 68.3 Å². The van der Waals surface area contributed by atoms with Crippen LogP contribution in [0.1, 0.15) is 11.1 Å². The van der Waals surface area contributed by atoms with Crippen molar-refractivity contribution in [1.29, 1.82) is 0 Å². The first-order valence-corrected chi connectivity index (χ1v) is 11.1. The van der Waals surface area contributed by atoms with Gasteiger partial charge in [0.2, 0.25) is 9.84 Å². The summed E-state index contributed by atoms with van der Waals surface area (Å²) >= 11 is 0. The van der Waals surface area contributed by atoms with Crippen LogP contribution < -0.4 is 10.1 Å². The largest absolute Gasteiger partial charge is 0.497 e. The minimum atomic E-state index is -3.83. The van der Waals surface area contributed by atoms with Crippen molar-refractivity contribution in [3.8, 4) is 5.75 Å². The molecule has 4 rings (SSSR count). The van der Waals surface area contributed by atoms with Gasteiger partial charge in [-0.3, -0.25) is 4.98 Å². The standard InChI is InChI=1S/C24H21FN2O3S/c1-16-3-10-20(11-4-16)31(28,29)23-15-26-22-12-9-19(30-2)13-21(22)24(23)27-14-17-5-7-18(25)8-6-17/h3-13,15H,14H2,1-2H3,(H,26,27). The second-order valence-corrected chi connectivity index (χ2v) is 9.10. The number of aromatic nitrogens is 1. The van der Waals surface area contributed by atoms with Crippen LogP contribution in [0.5, 0.6) is 5.75 Å². The van der Waals surface area contributed by atoms with Crippen molar-refractivity contribution in [2.45, 2.75) is 23.3 Å². The van der Waals surface area contributed by atoms with E-state index in [1.54, 1.807) is 61.7 Å². The Morgan fingerprint density at radius 3 is 2.39 bits per heavy atom. The normalized spacial score (nSPS) is 11.5. The van der Waals surface area contributed by atoms with Crippen LogP contribution in [0.25, 0.3) is 10.9 Å². The number of hydrogen-bond acceptors (Lipinski definition) is 5. The first-order valence-electron chi connectivity index (χ1n) is 9.65. The summed E-state index contributed by atoms with van der Waals surface area (Å²) in [5.74, 6) is 0.259. The van der Waals surface area contributed by atoms with Crippen molar-refractivity contribution in [1.82, 2.24) is 4.98 Å². The van der Waals surface area contributed by atoms with Crippen molar-refractivity contribution in [2.24, 2.45) is 0 Å². The Labute approximate surface area is 180 Å². The third kappa shape index (κ3) is 4.22. The van der Waals surface area contributed by atoms with E-state index in [1.165, 1.54) is 18.3 Å². The number of benzene rings is 3. The molecule has 0 radical (unpaired) electrons. The van der Waals surface area contributed by atoms with Gasteiger partial charge in [0.15, 0.2) is 0 Å². The van der Waals surface area contributed by atoms with Gasteiger partial charge >= 0.3 is 0 Å². The van der Waals surface area contributed by atoms with Crippen molar-refractivity contribution in [2.75, 3.05) is 12.4 Å². The third-order valence-corrected chi connectivity index (χ3v) is 6.83. The number of pyridine rings is 1. The highest BCUT2D eigenvalue weighted by atomic mass is 32.2. The molecule has 31 heavy (non-hydrogen) atoms. The van der Waals surface area contributed by atoms with Gasteiger partial charge in [0.25, 0.3) is 0 Å². The predicted molar refractivity (Wildman–Crippen MR) is 119 cm³/mol. The molecule has 5 nitrogen and oxygen atoms in total. The summed E-state index contributed by atoms with van der Waals surface area (Å²) < 4.78 is 45.5. The highest BCUT2D eigenvalue weighted by Crippen LogP contribution is 2.35. The SMILES string of the molecule is COc1ccc2ncc(S(=O)(=O)c3ccc(C)cc3)c(NCc3ccc(F)cc3)c2c1. The van der Waals surface area contributed by atoms with Gasteiger partial charge in [-0.2, -0.15) is 0 Å². The Kier molecular flexibility index (Phi) is 5.61. The molecule has 0 unspecified atom stereocenters. The monoisotopic (exact) mass is 436 g/mol. The molecule has 0 saturated carbocycles. The Morgan fingerprint density at radius 1 is 1.00 bits per heavy atom. The van der Waals surface area contributed by atoms with Crippen LogP contribution in [-0.2, 0) is 16.4 Å². The van der Waals surface area contributed by atoms with Gasteiger partial charge in [0.1, 0.15) is 16.5 Å². The third-order valence-electron chi connectivity index (χ3n) is 5.04. The molecule has 1 aromatic heterocycles. The Balaban J connectivity index is 1.86. The number of sulfone groups is 1. The first-order chi connectivity index (χ1) is 14.9. The van der Waals surface area contributed by atoms with Crippen molar-refractivity contribution in [3.63, 3.8) is 0 Å². The molecule has 0 amide bonds. The molecule has 3 aromatic carbocycles. The Bertz CT molecular complexity index is 1340. The maximum Gasteiger partial charge on any atom is 0.210 e. The number of methoxy groups -OCH3 is 1. The second kappa shape index (κ2) is 8.35. The van der Waals surface area contributed by atoms with Crippen LogP contribution in [0.2, 0.25) is 0 Å². The zero-order valence-electron chi connectivity index (χ0n) is 17.1. The molecule has 1 N–H and O–H groups in total. The number of fused-ring (bicyclic) bond motifs is 1. The van der Waals surface area contributed by atoms with Gasteiger partial charge in [-0.15, -0.1) is 0 Å². The highest BCUT2D eigenvalue weighted by molar-refractivity contribution is 7.91. The molecule has 0 saturated heterocycles. The highest BCUT2D eigenvalue weighted by Gasteiger charge is 2.24. The van der Waals surface area contributed by atoms with E-state index < -0.39 is 9.84 Å². The van der Waals surface area contributed by atoms with Crippen LogP contribution >= 0.6 is 0 Å². The van der Waals surface area contributed by atoms with E-state index in [0.717, 1.165) is 11.1 Å². The summed E-state index contributed by atoms with van der Waals surface area (Å²) in [5.41, 5.74) is 2.84. The molecule has 1 heterocycles. The average Bonchev–Trinajstić information content (AvgIpc) is 2.78. The number of hydrogen-bond donors (Lipinski definition) is 1. The molecule has 0 aliphatic rings. The molecule has 0 spiro atoms. The van der Waals surface area contributed by atoms with E-state index >= 15 is 0 Å². The quantitative estimate of drug-likeness (QED) is 0.454. The lowest BCUT2D eigenvalue weighted by Crippen LogP contribution is -2.10.